The van der Waals surface area contributed by atoms with Gasteiger partial charge in [-0.3, -0.25) is 0 Å². The van der Waals surface area contributed by atoms with Gasteiger partial charge in [0.05, 0.1) is 0 Å². The van der Waals surface area contributed by atoms with E-state index in [-0.39, 0.29) is 5.82 Å². The molecule has 0 radical (unpaired) electrons. The molecular formula is C30H23FO. The minimum absolute atomic E-state index is 0.261. The Bertz CT molecular complexity index is 1330. The van der Waals surface area contributed by atoms with Crippen LogP contribution in [0.15, 0.2) is 84.9 Å². The number of halogens is 1. The van der Waals surface area contributed by atoms with Crippen molar-refractivity contribution in [2.45, 2.75) is 25.7 Å². The van der Waals surface area contributed by atoms with Gasteiger partial charge in [-0.25, -0.2) is 4.39 Å². The molecule has 0 spiro atoms. The van der Waals surface area contributed by atoms with E-state index in [4.69, 9.17) is 4.74 Å². The van der Waals surface area contributed by atoms with Crippen molar-refractivity contribution < 1.29 is 9.13 Å². The molecule has 6 rings (SSSR count). The van der Waals surface area contributed by atoms with Crippen LogP contribution in [0.1, 0.15) is 34.2 Å². The lowest BCUT2D eigenvalue weighted by Gasteiger charge is -2.26. The van der Waals surface area contributed by atoms with Gasteiger partial charge in [-0.15, -0.1) is 0 Å². The van der Waals surface area contributed by atoms with Gasteiger partial charge in [0.15, 0.2) is 0 Å². The Balaban J connectivity index is 1.28. The molecule has 2 aliphatic rings. The summed E-state index contributed by atoms with van der Waals surface area (Å²) in [6.45, 7) is 0. The monoisotopic (exact) mass is 418 g/mol. The molecule has 2 heteroatoms. The standard InChI is InChI=1S/C30H23FO/c31-24-10-14-26(15-11-24)32-25-12-5-20(6-13-25)22-8-16-28-23(19-22)9-18-29-27-4-2-1-3-21(27)7-17-30(28)29/h1-6,9-15,18-19H,7-8,16-17H2. The maximum absolute atomic E-state index is 13.1. The van der Waals surface area contributed by atoms with Crippen molar-refractivity contribution in [3.05, 3.63) is 119 Å². The average molecular weight is 419 g/mol. The van der Waals surface area contributed by atoms with E-state index in [0.29, 0.717) is 5.75 Å². The van der Waals surface area contributed by atoms with E-state index in [0.717, 1.165) is 31.4 Å². The predicted octanol–water partition coefficient (Wildman–Crippen LogP) is 7.87. The molecule has 0 aliphatic heterocycles. The van der Waals surface area contributed by atoms with Gasteiger partial charge in [0.1, 0.15) is 17.3 Å². The lowest BCUT2D eigenvalue weighted by atomic mass is 9.78. The van der Waals surface area contributed by atoms with Crippen LogP contribution >= 0.6 is 0 Å². The van der Waals surface area contributed by atoms with Crippen molar-refractivity contribution in [3.8, 4) is 22.6 Å². The SMILES string of the molecule is Fc1ccc(Oc2ccc(C3=Cc4ccc5c(c4CC3)CCc3ccccc3-5)cc2)cc1. The maximum atomic E-state index is 13.1. The number of hydrogen-bond acceptors (Lipinski definition) is 1. The third kappa shape index (κ3) is 3.42. The minimum atomic E-state index is -0.261. The minimum Gasteiger partial charge on any atom is -0.457 e. The van der Waals surface area contributed by atoms with Gasteiger partial charge in [0.2, 0.25) is 0 Å². The summed E-state index contributed by atoms with van der Waals surface area (Å²) < 4.78 is 18.9. The van der Waals surface area contributed by atoms with Gasteiger partial charge in [0, 0.05) is 0 Å². The van der Waals surface area contributed by atoms with Crippen LogP contribution in [0.3, 0.4) is 0 Å². The zero-order valence-electron chi connectivity index (χ0n) is 17.8. The van der Waals surface area contributed by atoms with Crippen LogP contribution in [0.4, 0.5) is 4.39 Å². The summed E-state index contributed by atoms with van der Waals surface area (Å²) in [5.74, 6) is 1.13. The summed E-state index contributed by atoms with van der Waals surface area (Å²) in [5.41, 5.74) is 11.3. The Kier molecular flexibility index (Phi) is 4.65. The van der Waals surface area contributed by atoms with Crippen molar-refractivity contribution in [3.63, 3.8) is 0 Å². The summed E-state index contributed by atoms with van der Waals surface area (Å²) in [4.78, 5) is 0. The molecular weight excluding hydrogens is 395 g/mol. The van der Waals surface area contributed by atoms with Gasteiger partial charge in [0.25, 0.3) is 0 Å². The van der Waals surface area contributed by atoms with Crippen LogP contribution in [0.5, 0.6) is 11.5 Å². The first-order chi connectivity index (χ1) is 15.7. The summed E-state index contributed by atoms with van der Waals surface area (Å²) in [5, 5.41) is 0. The van der Waals surface area contributed by atoms with E-state index in [9.17, 15) is 4.39 Å². The topological polar surface area (TPSA) is 9.23 Å². The van der Waals surface area contributed by atoms with Crippen LogP contribution in [-0.4, -0.2) is 0 Å². The number of fused-ring (bicyclic) bond motifs is 5. The quantitative estimate of drug-likeness (QED) is 0.329. The Hall–Kier alpha value is -3.65. The molecule has 0 saturated heterocycles. The fourth-order valence-electron chi connectivity index (χ4n) is 5.06. The van der Waals surface area contributed by atoms with E-state index >= 15 is 0 Å². The molecule has 0 amide bonds. The van der Waals surface area contributed by atoms with Gasteiger partial charge >= 0.3 is 0 Å². The van der Waals surface area contributed by atoms with Crippen LogP contribution in [0.25, 0.3) is 22.8 Å². The van der Waals surface area contributed by atoms with Gasteiger partial charge in [-0.2, -0.15) is 0 Å². The van der Waals surface area contributed by atoms with E-state index in [1.165, 1.54) is 51.1 Å². The molecule has 2 aliphatic carbocycles. The van der Waals surface area contributed by atoms with Gasteiger partial charge in [-0.1, -0.05) is 54.6 Å². The number of aryl methyl sites for hydroxylation is 1. The molecule has 0 heterocycles. The average Bonchev–Trinajstić information content (AvgIpc) is 2.85. The molecule has 32 heavy (non-hydrogen) atoms. The largest absolute Gasteiger partial charge is 0.457 e. The third-order valence-electron chi connectivity index (χ3n) is 6.67. The molecule has 0 unspecified atom stereocenters. The van der Waals surface area contributed by atoms with E-state index in [2.05, 4.69) is 54.6 Å². The highest BCUT2D eigenvalue weighted by Crippen LogP contribution is 2.40. The molecule has 0 atom stereocenters. The molecule has 4 aromatic rings. The Morgan fingerprint density at radius 1 is 0.594 bits per heavy atom. The zero-order chi connectivity index (χ0) is 21.5. The second-order valence-corrected chi connectivity index (χ2v) is 8.57. The normalized spacial score (nSPS) is 14.1. The number of benzene rings is 4. The maximum Gasteiger partial charge on any atom is 0.127 e. The molecule has 0 N–H and O–H groups in total. The highest BCUT2D eigenvalue weighted by Gasteiger charge is 2.22. The van der Waals surface area contributed by atoms with Crippen molar-refractivity contribution in [2.24, 2.45) is 0 Å². The Morgan fingerprint density at radius 2 is 1.31 bits per heavy atom. The molecule has 0 saturated carbocycles. The fourth-order valence-corrected chi connectivity index (χ4v) is 5.06. The summed E-state index contributed by atoms with van der Waals surface area (Å²) >= 11 is 0. The number of allylic oxidation sites excluding steroid dienone is 1. The lowest BCUT2D eigenvalue weighted by molar-refractivity contribution is 0.480. The number of rotatable bonds is 3. The summed E-state index contributed by atoms with van der Waals surface area (Å²) in [6, 6.07) is 27.7. The van der Waals surface area contributed by atoms with Crippen molar-refractivity contribution in [1.82, 2.24) is 0 Å². The number of hydrogen-bond donors (Lipinski definition) is 0. The molecule has 156 valence electrons. The Labute approximate surface area is 187 Å². The number of ether oxygens (including phenoxy) is 1. The van der Waals surface area contributed by atoms with E-state index in [1.54, 1.807) is 17.7 Å². The first-order valence-electron chi connectivity index (χ1n) is 11.2. The molecule has 0 aromatic heterocycles. The summed E-state index contributed by atoms with van der Waals surface area (Å²) in [7, 11) is 0. The van der Waals surface area contributed by atoms with Crippen molar-refractivity contribution in [1.29, 1.82) is 0 Å². The van der Waals surface area contributed by atoms with E-state index < -0.39 is 0 Å². The molecule has 4 aromatic carbocycles. The van der Waals surface area contributed by atoms with E-state index in [1.807, 2.05) is 12.1 Å². The second-order valence-electron chi connectivity index (χ2n) is 8.57. The van der Waals surface area contributed by atoms with Crippen LogP contribution in [0.2, 0.25) is 0 Å². The highest BCUT2D eigenvalue weighted by molar-refractivity contribution is 5.87. The first-order valence-corrected chi connectivity index (χ1v) is 11.2. The third-order valence-corrected chi connectivity index (χ3v) is 6.67. The Morgan fingerprint density at radius 3 is 2.12 bits per heavy atom. The summed E-state index contributed by atoms with van der Waals surface area (Å²) in [6.07, 6.45) is 6.75. The van der Waals surface area contributed by atoms with Crippen molar-refractivity contribution >= 4 is 11.6 Å². The molecule has 0 bridgehead atoms. The first kappa shape index (κ1) is 19.1. The molecule has 1 nitrogen and oxygen atoms in total. The highest BCUT2D eigenvalue weighted by atomic mass is 19.1. The second kappa shape index (κ2) is 7.80. The fraction of sp³-hybridized carbons (Fsp3) is 0.133. The van der Waals surface area contributed by atoms with Crippen molar-refractivity contribution in [2.75, 3.05) is 0 Å². The molecule has 0 fully saturated rings. The predicted molar refractivity (Wildman–Crippen MR) is 128 cm³/mol. The van der Waals surface area contributed by atoms with Gasteiger partial charge < -0.3 is 4.74 Å². The van der Waals surface area contributed by atoms with Gasteiger partial charge in [-0.05, 0) is 107 Å². The van der Waals surface area contributed by atoms with Crippen LogP contribution < -0.4 is 4.74 Å². The lowest BCUT2D eigenvalue weighted by Crippen LogP contribution is -2.10. The van der Waals surface area contributed by atoms with Crippen LogP contribution in [0, 0.1) is 5.82 Å². The smallest absolute Gasteiger partial charge is 0.127 e. The van der Waals surface area contributed by atoms with Crippen LogP contribution in [-0.2, 0) is 19.3 Å². The zero-order valence-corrected chi connectivity index (χ0v) is 17.8.